The number of terminal acetylenes is 1. The number of hydrogen-bond acceptors (Lipinski definition) is 8. The largest absolute Gasteiger partial charge is 0.508 e. The Bertz CT molecular complexity index is 1770. The van der Waals surface area contributed by atoms with Gasteiger partial charge in [0.15, 0.2) is 5.82 Å². The molecule has 2 atom stereocenters. The number of aromatic nitrogens is 3. The fraction of sp³-hybridized carbons (Fsp3) is 0.387. The minimum atomic E-state index is -0.924. The average Bonchev–Trinajstić information content (AvgIpc) is 3.47. The third kappa shape index (κ3) is 4.41. The lowest BCUT2D eigenvalue weighted by molar-refractivity contribution is 0.107. The molecule has 0 spiro atoms. The number of nitrogens with zero attached hydrogens (tertiary/aromatic N) is 6. The lowest BCUT2D eigenvalue weighted by atomic mass is 9.95. The highest BCUT2D eigenvalue weighted by Gasteiger charge is 2.49. The maximum absolute atomic E-state index is 16.7. The Morgan fingerprint density at radius 2 is 1.83 bits per heavy atom. The summed E-state index contributed by atoms with van der Waals surface area (Å²) in [4.78, 5) is 19.3. The maximum atomic E-state index is 16.7. The van der Waals surface area contributed by atoms with Crippen molar-refractivity contribution in [1.29, 1.82) is 0 Å². The predicted molar refractivity (Wildman–Crippen MR) is 157 cm³/mol. The quantitative estimate of drug-likeness (QED) is 0.325. The summed E-state index contributed by atoms with van der Waals surface area (Å²) in [7, 11) is 7.04. The summed E-state index contributed by atoms with van der Waals surface area (Å²) in [6.07, 6.45) is 6.86. The molecule has 0 amide bonds. The Labute approximate surface area is 241 Å². The molecule has 2 aromatic heterocycles. The van der Waals surface area contributed by atoms with Gasteiger partial charge in [-0.25, -0.2) is 18.2 Å². The number of phenols is 1. The van der Waals surface area contributed by atoms with E-state index >= 15 is 4.39 Å². The highest BCUT2D eigenvalue weighted by molar-refractivity contribution is 6.05. The molecule has 6 rings (SSSR count). The molecule has 2 saturated heterocycles. The van der Waals surface area contributed by atoms with Crippen LogP contribution in [-0.2, 0) is 0 Å². The van der Waals surface area contributed by atoms with Crippen LogP contribution in [0.1, 0.15) is 24.8 Å². The van der Waals surface area contributed by atoms with Crippen molar-refractivity contribution in [2.45, 2.75) is 31.0 Å². The third-order valence-corrected chi connectivity index (χ3v) is 8.26. The molecule has 4 aromatic rings. The second-order valence-corrected chi connectivity index (χ2v) is 11.5. The van der Waals surface area contributed by atoms with E-state index in [-0.39, 0.29) is 46.1 Å². The first kappa shape index (κ1) is 27.8. The number of anilines is 2. The third-order valence-electron chi connectivity index (χ3n) is 8.26. The molecule has 0 unspecified atom stereocenters. The van der Waals surface area contributed by atoms with Gasteiger partial charge in [0.05, 0.1) is 16.5 Å². The topological polar surface area (TPSA) is 77.9 Å². The summed E-state index contributed by atoms with van der Waals surface area (Å²) < 4.78 is 51.9. The van der Waals surface area contributed by atoms with E-state index in [1.165, 1.54) is 24.3 Å². The first-order valence-corrected chi connectivity index (χ1v) is 13.7. The summed E-state index contributed by atoms with van der Waals surface area (Å²) in [5.74, 6) is 1.46. The van der Waals surface area contributed by atoms with E-state index in [1.54, 1.807) is 38.0 Å². The molecule has 0 radical (unpaired) electrons. The van der Waals surface area contributed by atoms with Crippen LogP contribution in [0.15, 0.2) is 24.3 Å². The maximum Gasteiger partial charge on any atom is 0.319 e. The van der Waals surface area contributed by atoms with E-state index in [1.807, 2.05) is 0 Å². The summed E-state index contributed by atoms with van der Waals surface area (Å²) in [5.41, 5.74) is -0.627. The van der Waals surface area contributed by atoms with E-state index in [9.17, 15) is 13.9 Å². The average molecular weight is 577 g/mol. The van der Waals surface area contributed by atoms with Crippen molar-refractivity contribution < 1.29 is 23.0 Å². The van der Waals surface area contributed by atoms with Gasteiger partial charge in [-0.1, -0.05) is 12.0 Å². The fourth-order valence-electron chi connectivity index (χ4n) is 6.41. The SMILES string of the molecule is C#Cc1c(F)ccc2cc(O)cc(-c3nc(N(C)C)c4c(N(C)C)nc(OC[C@@]56CCCN5C[C@H](F)C6)nc4c3F)c12. The van der Waals surface area contributed by atoms with Crippen LogP contribution in [0.3, 0.4) is 0 Å². The van der Waals surface area contributed by atoms with Crippen LogP contribution in [0.4, 0.5) is 24.8 Å². The normalized spacial score (nSPS) is 20.2. The van der Waals surface area contributed by atoms with Crippen molar-refractivity contribution in [2.75, 3.05) is 57.7 Å². The summed E-state index contributed by atoms with van der Waals surface area (Å²) >= 11 is 0. The zero-order valence-electron chi connectivity index (χ0n) is 23.9. The molecule has 2 aliphatic rings. The van der Waals surface area contributed by atoms with Gasteiger partial charge < -0.3 is 19.6 Å². The zero-order chi connectivity index (χ0) is 29.9. The van der Waals surface area contributed by atoms with Crippen LogP contribution in [0, 0.1) is 24.0 Å². The standard InChI is InChI=1S/C31H31F3N6O2/c1-6-20-22(33)9-8-17-12-19(41)13-21(23(17)20)26-25(34)27-24(28(35-26)38(2)3)29(39(4)5)37-30(36-27)42-16-31-10-7-11-40(31)15-18(32)14-31/h1,8-9,12-13,18,41H,7,10-11,14-16H2,2-5H3/t18-,31+/m1/s1. The first-order chi connectivity index (χ1) is 20.0. The highest BCUT2D eigenvalue weighted by Crippen LogP contribution is 2.43. The van der Waals surface area contributed by atoms with Gasteiger partial charge in [0.2, 0.25) is 0 Å². The van der Waals surface area contributed by atoms with Crippen LogP contribution in [0.5, 0.6) is 11.8 Å². The first-order valence-electron chi connectivity index (χ1n) is 13.7. The van der Waals surface area contributed by atoms with Gasteiger partial charge >= 0.3 is 6.01 Å². The van der Waals surface area contributed by atoms with Crippen LogP contribution >= 0.6 is 0 Å². The molecule has 0 aliphatic carbocycles. The smallest absolute Gasteiger partial charge is 0.319 e. The molecule has 0 saturated carbocycles. The Morgan fingerprint density at radius 3 is 2.55 bits per heavy atom. The molecule has 2 aliphatic heterocycles. The molecule has 1 N–H and O–H groups in total. The molecule has 2 aromatic carbocycles. The molecule has 218 valence electrons. The lowest BCUT2D eigenvalue weighted by Crippen LogP contribution is -2.43. The lowest BCUT2D eigenvalue weighted by Gasteiger charge is -2.31. The van der Waals surface area contributed by atoms with E-state index in [4.69, 9.17) is 11.2 Å². The second kappa shape index (κ2) is 10.2. The predicted octanol–water partition coefficient (Wildman–Crippen LogP) is 4.90. The number of benzene rings is 2. The Balaban J connectivity index is 1.58. The van der Waals surface area contributed by atoms with E-state index < -0.39 is 23.3 Å². The monoisotopic (exact) mass is 576 g/mol. The number of alkyl halides is 1. The van der Waals surface area contributed by atoms with Crippen molar-refractivity contribution in [2.24, 2.45) is 0 Å². The summed E-state index contributed by atoms with van der Waals surface area (Å²) in [6.45, 7) is 1.35. The Morgan fingerprint density at radius 1 is 1.10 bits per heavy atom. The van der Waals surface area contributed by atoms with Crippen molar-refractivity contribution in [3.63, 3.8) is 0 Å². The van der Waals surface area contributed by atoms with Gasteiger partial charge in [-0.2, -0.15) is 9.97 Å². The molecular weight excluding hydrogens is 545 g/mol. The van der Waals surface area contributed by atoms with Gasteiger partial charge in [0.25, 0.3) is 0 Å². The fourth-order valence-corrected chi connectivity index (χ4v) is 6.41. The van der Waals surface area contributed by atoms with Gasteiger partial charge in [0, 0.05) is 52.1 Å². The molecule has 42 heavy (non-hydrogen) atoms. The summed E-state index contributed by atoms with van der Waals surface area (Å²) in [6, 6.07) is 5.37. The van der Waals surface area contributed by atoms with Gasteiger partial charge in [-0.3, -0.25) is 4.90 Å². The molecule has 4 heterocycles. The number of hydrogen-bond donors (Lipinski definition) is 1. The van der Waals surface area contributed by atoms with Crippen LogP contribution in [0.2, 0.25) is 0 Å². The number of pyridine rings is 1. The molecule has 0 bridgehead atoms. The van der Waals surface area contributed by atoms with Crippen molar-refractivity contribution in [1.82, 2.24) is 19.9 Å². The highest BCUT2D eigenvalue weighted by atomic mass is 19.1. The van der Waals surface area contributed by atoms with Crippen LogP contribution in [-0.4, -0.2) is 84.6 Å². The molecule has 2 fully saturated rings. The zero-order valence-corrected chi connectivity index (χ0v) is 23.9. The van der Waals surface area contributed by atoms with Gasteiger partial charge in [-0.15, -0.1) is 6.42 Å². The van der Waals surface area contributed by atoms with E-state index in [0.29, 0.717) is 35.4 Å². The molecule has 11 heteroatoms. The minimum absolute atomic E-state index is 0.0494. The van der Waals surface area contributed by atoms with Crippen LogP contribution < -0.4 is 14.5 Å². The number of aromatic hydroxyl groups is 1. The number of fused-ring (bicyclic) bond motifs is 3. The van der Waals surface area contributed by atoms with Gasteiger partial charge in [-0.05, 0) is 43.0 Å². The second-order valence-electron chi connectivity index (χ2n) is 11.5. The molecular formula is C31H31F3N6O2. The number of halogens is 3. The number of ether oxygens (including phenoxy) is 1. The van der Waals surface area contributed by atoms with E-state index in [0.717, 1.165) is 19.4 Å². The molecule has 8 nitrogen and oxygen atoms in total. The van der Waals surface area contributed by atoms with Crippen molar-refractivity contribution in [3.8, 4) is 35.4 Å². The Hall–Kier alpha value is -4.30. The minimum Gasteiger partial charge on any atom is -0.508 e. The van der Waals surface area contributed by atoms with E-state index in [2.05, 4.69) is 25.8 Å². The summed E-state index contributed by atoms with van der Waals surface area (Å²) in [5, 5.41) is 11.5. The number of rotatable bonds is 6. The van der Waals surface area contributed by atoms with Crippen LogP contribution in [0.25, 0.3) is 32.9 Å². The Kier molecular flexibility index (Phi) is 6.77. The van der Waals surface area contributed by atoms with Gasteiger partial charge in [0.1, 0.15) is 47.2 Å². The number of phenolic OH excluding ortho intramolecular Hbond substituents is 1. The van der Waals surface area contributed by atoms with Crippen molar-refractivity contribution >= 4 is 33.3 Å². The van der Waals surface area contributed by atoms with Crippen molar-refractivity contribution in [3.05, 3.63) is 41.5 Å².